The summed E-state index contributed by atoms with van der Waals surface area (Å²) in [7, 11) is 1.57. The highest BCUT2D eigenvalue weighted by molar-refractivity contribution is 8.27. The molecule has 5 nitrogen and oxygen atoms in total. The zero-order valence-electron chi connectivity index (χ0n) is 14.3. The van der Waals surface area contributed by atoms with Crippen LogP contribution in [0.4, 0.5) is 5.69 Å². The number of ether oxygens (including phenoxy) is 2. The van der Waals surface area contributed by atoms with Gasteiger partial charge >= 0.3 is 0 Å². The second-order valence-electron chi connectivity index (χ2n) is 5.38. The van der Waals surface area contributed by atoms with Gasteiger partial charge in [-0.15, -0.1) is 0 Å². The van der Waals surface area contributed by atoms with Crippen molar-refractivity contribution in [2.75, 3.05) is 18.6 Å². The van der Waals surface area contributed by atoms with Crippen molar-refractivity contribution in [3.63, 3.8) is 0 Å². The Kier molecular flexibility index (Phi) is 5.49. The number of thiocarbonyl (C=S) groups is 1. The molecule has 0 aromatic heterocycles. The number of hydrogen-bond donors (Lipinski definition) is 1. The first kappa shape index (κ1) is 18.3. The standard InChI is InChI=1S/C19H17NO4S2/c1-3-24-16-9-12(7-8-15(16)21)10-17-18(22)20(19(25)26-17)13-5-4-6-14(11-13)23-2/h4-11,21H,3H2,1-2H3. The fourth-order valence-corrected chi connectivity index (χ4v) is 3.78. The summed E-state index contributed by atoms with van der Waals surface area (Å²) in [5.41, 5.74) is 1.41. The molecule has 7 heteroatoms. The predicted octanol–water partition coefficient (Wildman–Crippen LogP) is 4.21. The highest BCUT2D eigenvalue weighted by Gasteiger charge is 2.33. The van der Waals surface area contributed by atoms with Gasteiger partial charge in [-0.1, -0.05) is 36.1 Å². The van der Waals surface area contributed by atoms with E-state index in [1.807, 2.05) is 25.1 Å². The van der Waals surface area contributed by atoms with Crippen molar-refractivity contribution in [2.24, 2.45) is 0 Å². The molecule has 1 saturated heterocycles. The zero-order chi connectivity index (χ0) is 18.7. The Morgan fingerprint density at radius 1 is 1.27 bits per heavy atom. The van der Waals surface area contributed by atoms with Crippen LogP contribution in [0.25, 0.3) is 6.08 Å². The van der Waals surface area contributed by atoms with E-state index in [0.717, 1.165) is 5.56 Å². The molecule has 2 aromatic carbocycles. The molecule has 1 aliphatic heterocycles. The van der Waals surface area contributed by atoms with E-state index in [1.54, 1.807) is 37.5 Å². The van der Waals surface area contributed by atoms with Gasteiger partial charge in [0.25, 0.3) is 5.91 Å². The number of thioether (sulfide) groups is 1. The lowest BCUT2D eigenvalue weighted by molar-refractivity contribution is -0.113. The van der Waals surface area contributed by atoms with Crippen LogP contribution in [0.5, 0.6) is 17.2 Å². The van der Waals surface area contributed by atoms with Crippen molar-refractivity contribution in [1.82, 2.24) is 0 Å². The van der Waals surface area contributed by atoms with Gasteiger partial charge in [0.05, 0.1) is 24.3 Å². The Bertz CT molecular complexity index is 895. The monoisotopic (exact) mass is 387 g/mol. The first-order valence-electron chi connectivity index (χ1n) is 7.91. The van der Waals surface area contributed by atoms with E-state index in [4.69, 9.17) is 21.7 Å². The third kappa shape index (κ3) is 3.68. The van der Waals surface area contributed by atoms with E-state index in [0.29, 0.717) is 33.0 Å². The number of rotatable bonds is 5. The molecule has 0 bridgehead atoms. The van der Waals surface area contributed by atoms with Gasteiger partial charge in [-0.2, -0.15) is 0 Å². The van der Waals surface area contributed by atoms with Crippen molar-refractivity contribution in [3.05, 3.63) is 52.9 Å². The van der Waals surface area contributed by atoms with Crippen LogP contribution >= 0.6 is 24.0 Å². The molecule has 1 amide bonds. The molecule has 0 saturated carbocycles. The lowest BCUT2D eigenvalue weighted by Crippen LogP contribution is -2.27. The van der Waals surface area contributed by atoms with Gasteiger partial charge in [0, 0.05) is 6.07 Å². The highest BCUT2D eigenvalue weighted by Crippen LogP contribution is 2.37. The maximum absolute atomic E-state index is 12.8. The van der Waals surface area contributed by atoms with Crippen LogP contribution in [-0.4, -0.2) is 29.1 Å². The molecule has 0 radical (unpaired) electrons. The predicted molar refractivity (Wildman–Crippen MR) is 108 cm³/mol. The summed E-state index contributed by atoms with van der Waals surface area (Å²) in [5, 5.41) is 9.80. The Hall–Kier alpha value is -2.51. The van der Waals surface area contributed by atoms with Gasteiger partial charge in [-0.25, -0.2) is 0 Å². The lowest BCUT2D eigenvalue weighted by atomic mass is 10.2. The van der Waals surface area contributed by atoms with Gasteiger partial charge in [0.2, 0.25) is 0 Å². The van der Waals surface area contributed by atoms with Gasteiger partial charge in [-0.05, 0) is 42.8 Å². The average molecular weight is 387 g/mol. The number of hydrogen-bond acceptors (Lipinski definition) is 6. The molecular formula is C19H17NO4S2. The van der Waals surface area contributed by atoms with Crippen LogP contribution in [0.1, 0.15) is 12.5 Å². The molecule has 0 unspecified atom stereocenters. The van der Waals surface area contributed by atoms with Crippen molar-refractivity contribution in [2.45, 2.75) is 6.92 Å². The van der Waals surface area contributed by atoms with Crippen molar-refractivity contribution >= 4 is 46.0 Å². The summed E-state index contributed by atoms with van der Waals surface area (Å²) >= 11 is 6.62. The normalized spacial score (nSPS) is 15.6. The van der Waals surface area contributed by atoms with E-state index >= 15 is 0 Å². The number of aromatic hydroxyl groups is 1. The van der Waals surface area contributed by atoms with Crippen LogP contribution in [0.15, 0.2) is 47.4 Å². The maximum Gasteiger partial charge on any atom is 0.270 e. The molecule has 1 aliphatic rings. The molecule has 3 rings (SSSR count). The van der Waals surface area contributed by atoms with Crippen LogP contribution in [0.2, 0.25) is 0 Å². The Morgan fingerprint density at radius 3 is 2.81 bits per heavy atom. The second-order valence-corrected chi connectivity index (χ2v) is 7.05. The Balaban J connectivity index is 1.91. The van der Waals surface area contributed by atoms with Crippen LogP contribution in [0.3, 0.4) is 0 Å². The lowest BCUT2D eigenvalue weighted by Gasteiger charge is -2.15. The minimum Gasteiger partial charge on any atom is -0.504 e. The summed E-state index contributed by atoms with van der Waals surface area (Å²) in [5.74, 6) is 0.900. The van der Waals surface area contributed by atoms with E-state index in [1.165, 1.54) is 16.7 Å². The number of amides is 1. The number of carbonyl (C=O) groups excluding carboxylic acids is 1. The molecule has 1 N–H and O–H groups in total. The molecule has 1 fully saturated rings. The van der Waals surface area contributed by atoms with Crippen LogP contribution in [-0.2, 0) is 4.79 Å². The smallest absolute Gasteiger partial charge is 0.270 e. The molecule has 1 heterocycles. The van der Waals surface area contributed by atoms with Gasteiger partial charge in [0.1, 0.15) is 5.75 Å². The summed E-state index contributed by atoms with van der Waals surface area (Å²) in [6, 6.07) is 12.1. The SMILES string of the molecule is CCOc1cc(C=C2SC(=S)N(c3cccc(OC)c3)C2=O)ccc1O. The topological polar surface area (TPSA) is 59.0 Å². The molecule has 0 spiro atoms. The number of phenols is 1. The molecule has 0 aliphatic carbocycles. The number of anilines is 1. The van der Waals surface area contributed by atoms with Crippen molar-refractivity contribution < 1.29 is 19.4 Å². The summed E-state index contributed by atoms with van der Waals surface area (Å²) in [6.45, 7) is 2.28. The van der Waals surface area contributed by atoms with Crippen LogP contribution in [0, 0.1) is 0 Å². The van der Waals surface area contributed by atoms with Gasteiger partial charge < -0.3 is 14.6 Å². The Morgan fingerprint density at radius 2 is 2.08 bits per heavy atom. The fourth-order valence-electron chi connectivity index (χ4n) is 2.48. The van der Waals surface area contributed by atoms with E-state index in [2.05, 4.69) is 0 Å². The average Bonchev–Trinajstić information content (AvgIpc) is 2.91. The number of benzene rings is 2. The van der Waals surface area contributed by atoms with Gasteiger partial charge in [-0.3, -0.25) is 9.69 Å². The minimum atomic E-state index is -0.195. The van der Waals surface area contributed by atoms with Crippen LogP contribution < -0.4 is 14.4 Å². The fraction of sp³-hybridized carbons (Fsp3) is 0.158. The maximum atomic E-state index is 12.8. The largest absolute Gasteiger partial charge is 0.504 e. The first-order valence-corrected chi connectivity index (χ1v) is 9.13. The third-order valence-electron chi connectivity index (χ3n) is 3.69. The highest BCUT2D eigenvalue weighted by atomic mass is 32.2. The number of carbonyl (C=O) groups is 1. The minimum absolute atomic E-state index is 0.0629. The third-order valence-corrected chi connectivity index (χ3v) is 4.99. The zero-order valence-corrected chi connectivity index (χ0v) is 15.9. The molecule has 26 heavy (non-hydrogen) atoms. The summed E-state index contributed by atoms with van der Waals surface area (Å²) in [4.78, 5) is 14.8. The quantitative estimate of drug-likeness (QED) is 0.613. The summed E-state index contributed by atoms with van der Waals surface area (Å²) < 4.78 is 11.1. The second kappa shape index (κ2) is 7.80. The van der Waals surface area contributed by atoms with E-state index < -0.39 is 0 Å². The van der Waals surface area contributed by atoms with Crippen molar-refractivity contribution in [3.8, 4) is 17.2 Å². The number of methoxy groups -OCH3 is 1. The Labute approximate surface area is 161 Å². The molecule has 2 aromatic rings. The van der Waals surface area contributed by atoms with E-state index in [-0.39, 0.29) is 11.7 Å². The molecule has 0 atom stereocenters. The molecule has 134 valence electrons. The first-order chi connectivity index (χ1) is 12.5. The molecular weight excluding hydrogens is 370 g/mol. The van der Waals surface area contributed by atoms with E-state index in [9.17, 15) is 9.90 Å². The van der Waals surface area contributed by atoms with Crippen molar-refractivity contribution in [1.29, 1.82) is 0 Å². The summed E-state index contributed by atoms with van der Waals surface area (Å²) in [6.07, 6.45) is 1.74. The number of nitrogens with zero attached hydrogens (tertiary/aromatic N) is 1. The van der Waals surface area contributed by atoms with Gasteiger partial charge in [0.15, 0.2) is 15.8 Å². The number of phenolic OH excluding ortho intramolecular Hbond substituents is 1.